The first kappa shape index (κ1) is 19.5. The molecular weight excluding hydrogens is 346 g/mol. The number of benzene rings is 1. The fourth-order valence-electron chi connectivity index (χ4n) is 3.93. The lowest BCUT2D eigenvalue weighted by Crippen LogP contribution is -2.53. The Bertz CT molecular complexity index is 613. The summed E-state index contributed by atoms with van der Waals surface area (Å²) in [5, 5.41) is 3.21. The molecule has 2 aliphatic rings. The Balaban J connectivity index is 1.60. The number of nitrogens with one attached hydrogen (secondary N) is 1. The minimum absolute atomic E-state index is 0.0754. The summed E-state index contributed by atoms with van der Waals surface area (Å²) in [6, 6.07) is 4.34. The molecule has 0 radical (unpaired) electrons. The summed E-state index contributed by atoms with van der Waals surface area (Å²) in [4.78, 5) is 16.7. The summed E-state index contributed by atoms with van der Waals surface area (Å²) in [6.07, 6.45) is 5.95. The molecule has 7 heteroatoms. The zero-order valence-corrected chi connectivity index (χ0v) is 16.6. The van der Waals surface area contributed by atoms with E-state index in [1.54, 1.807) is 21.3 Å². The molecule has 0 bridgehead atoms. The number of rotatable bonds is 5. The van der Waals surface area contributed by atoms with E-state index in [9.17, 15) is 4.79 Å². The van der Waals surface area contributed by atoms with Crippen LogP contribution in [-0.4, -0.2) is 64.5 Å². The molecule has 27 heavy (non-hydrogen) atoms. The van der Waals surface area contributed by atoms with Crippen LogP contribution in [0.2, 0.25) is 0 Å². The van der Waals surface area contributed by atoms with Crippen LogP contribution in [0.25, 0.3) is 0 Å². The van der Waals surface area contributed by atoms with Gasteiger partial charge in [-0.2, -0.15) is 0 Å². The van der Waals surface area contributed by atoms with E-state index < -0.39 is 0 Å². The third kappa shape index (κ3) is 4.51. The van der Waals surface area contributed by atoms with E-state index in [0.717, 1.165) is 31.6 Å². The normalized spacial score (nSPS) is 18.2. The maximum atomic E-state index is 12.5. The van der Waals surface area contributed by atoms with Crippen LogP contribution in [0.4, 0.5) is 10.5 Å². The van der Waals surface area contributed by atoms with Crippen molar-refractivity contribution in [2.45, 2.75) is 38.1 Å². The predicted octanol–water partition coefficient (Wildman–Crippen LogP) is 2.88. The van der Waals surface area contributed by atoms with Crippen molar-refractivity contribution in [3.05, 3.63) is 12.1 Å². The molecule has 1 aromatic rings. The molecule has 7 nitrogen and oxygen atoms in total. The van der Waals surface area contributed by atoms with Gasteiger partial charge in [0.25, 0.3) is 0 Å². The second kappa shape index (κ2) is 9.06. The molecule has 1 heterocycles. The number of nitrogens with zero attached hydrogens (tertiary/aromatic N) is 2. The average Bonchev–Trinajstić information content (AvgIpc) is 2.73. The standard InChI is InChI=1S/C20H31N3O4/c1-25-17-13-16(14-18(26-2)19(17)27-3)22-9-11-23(12-10-22)20(24)21-15-7-5-4-6-8-15/h13-15H,4-12H2,1-3H3,(H,21,24). The SMILES string of the molecule is COc1cc(N2CCN(C(=O)NC3CCCCC3)CC2)cc(OC)c1OC. The number of carbonyl (C=O) groups excluding carboxylic acids is 1. The number of methoxy groups -OCH3 is 3. The minimum Gasteiger partial charge on any atom is -0.493 e. The van der Waals surface area contributed by atoms with Crippen LogP contribution in [0.1, 0.15) is 32.1 Å². The predicted molar refractivity (Wildman–Crippen MR) is 105 cm³/mol. The molecule has 3 rings (SSSR count). The lowest BCUT2D eigenvalue weighted by Gasteiger charge is -2.37. The Morgan fingerprint density at radius 3 is 2.04 bits per heavy atom. The van der Waals surface area contributed by atoms with E-state index >= 15 is 0 Å². The van der Waals surface area contributed by atoms with Crippen molar-refractivity contribution in [1.82, 2.24) is 10.2 Å². The number of hydrogen-bond donors (Lipinski definition) is 1. The van der Waals surface area contributed by atoms with E-state index in [2.05, 4.69) is 10.2 Å². The third-order valence-electron chi connectivity index (χ3n) is 5.51. The molecule has 1 aliphatic heterocycles. The number of ether oxygens (including phenoxy) is 3. The summed E-state index contributed by atoms with van der Waals surface area (Å²) in [5.74, 6) is 1.88. The second-order valence-corrected chi connectivity index (χ2v) is 7.14. The van der Waals surface area contributed by atoms with Crippen molar-refractivity contribution in [1.29, 1.82) is 0 Å². The smallest absolute Gasteiger partial charge is 0.317 e. The molecule has 1 aliphatic carbocycles. The topological polar surface area (TPSA) is 63.3 Å². The summed E-state index contributed by atoms with van der Waals surface area (Å²) in [5.41, 5.74) is 1.01. The van der Waals surface area contributed by atoms with Crippen LogP contribution in [0.3, 0.4) is 0 Å². The molecule has 0 atom stereocenters. The van der Waals surface area contributed by atoms with Crippen LogP contribution < -0.4 is 24.4 Å². The third-order valence-corrected chi connectivity index (χ3v) is 5.51. The Labute approximate surface area is 161 Å². The lowest BCUT2D eigenvalue weighted by molar-refractivity contribution is 0.186. The molecule has 150 valence electrons. The largest absolute Gasteiger partial charge is 0.493 e. The first-order chi connectivity index (χ1) is 13.2. The molecular formula is C20H31N3O4. The van der Waals surface area contributed by atoms with E-state index in [1.807, 2.05) is 17.0 Å². The number of urea groups is 1. The van der Waals surface area contributed by atoms with Gasteiger partial charge in [-0.05, 0) is 12.8 Å². The molecule has 0 aromatic heterocycles. The van der Waals surface area contributed by atoms with Gasteiger partial charge in [-0.15, -0.1) is 0 Å². The van der Waals surface area contributed by atoms with Crippen molar-refractivity contribution >= 4 is 11.7 Å². The van der Waals surface area contributed by atoms with E-state index in [0.29, 0.717) is 36.4 Å². The highest BCUT2D eigenvalue weighted by Crippen LogP contribution is 2.41. The first-order valence-corrected chi connectivity index (χ1v) is 9.76. The molecule has 1 saturated carbocycles. The number of piperazine rings is 1. The van der Waals surface area contributed by atoms with Crippen molar-refractivity contribution in [3.63, 3.8) is 0 Å². The van der Waals surface area contributed by atoms with Crippen LogP contribution in [-0.2, 0) is 0 Å². The van der Waals surface area contributed by atoms with Crippen LogP contribution >= 0.6 is 0 Å². The van der Waals surface area contributed by atoms with Crippen molar-refractivity contribution < 1.29 is 19.0 Å². The van der Waals surface area contributed by atoms with Crippen molar-refractivity contribution in [3.8, 4) is 17.2 Å². The number of hydrogen-bond acceptors (Lipinski definition) is 5. The summed E-state index contributed by atoms with van der Waals surface area (Å²) in [7, 11) is 4.84. The Morgan fingerprint density at radius 1 is 0.926 bits per heavy atom. The highest BCUT2D eigenvalue weighted by molar-refractivity contribution is 5.75. The quantitative estimate of drug-likeness (QED) is 0.855. The first-order valence-electron chi connectivity index (χ1n) is 9.76. The molecule has 0 unspecified atom stereocenters. The van der Waals surface area contributed by atoms with Gasteiger partial charge in [-0.25, -0.2) is 4.79 Å². The van der Waals surface area contributed by atoms with E-state index in [1.165, 1.54) is 19.3 Å². The van der Waals surface area contributed by atoms with Crippen LogP contribution in [0.5, 0.6) is 17.2 Å². The number of amides is 2. The fraction of sp³-hybridized carbons (Fsp3) is 0.650. The molecule has 1 aromatic carbocycles. The number of carbonyl (C=O) groups is 1. The highest BCUT2D eigenvalue weighted by atomic mass is 16.5. The monoisotopic (exact) mass is 377 g/mol. The zero-order valence-electron chi connectivity index (χ0n) is 16.6. The molecule has 2 fully saturated rings. The van der Waals surface area contributed by atoms with Crippen LogP contribution in [0, 0.1) is 0 Å². The van der Waals surface area contributed by atoms with Gasteiger partial charge in [0.05, 0.1) is 21.3 Å². The minimum atomic E-state index is 0.0754. The Kier molecular flexibility index (Phi) is 6.53. The summed E-state index contributed by atoms with van der Waals surface area (Å²) >= 11 is 0. The molecule has 0 spiro atoms. The van der Waals surface area contributed by atoms with Crippen molar-refractivity contribution in [2.24, 2.45) is 0 Å². The maximum absolute atomic E-state index is 12.5. The fourth-order valence-corrected chi connectivity index (χ4v) is 3.93. The van der Waals surface area contributed by atoms with Gasteiger partial charge in [-0.3, -0.25) is 0 Å². The van der Waals surface area contributed by atoms with Crippen molar-refractivity contribution in [2.75, 3.05) is 52.4 Å². The maximum Gasteiger partial charge on any atom is 0.317 e. The highest BCUT2D eigenvalue weighted by Gasteiger charge is 2.25. The van der Waals surface area contributed by atoms with Gasteiger partial charge in [-0.1, -0.05) is 19.3 Å². The number of anilines is 1. The molecule has 2 amide bonds. The second-order valence-electron chi connectivity index (χ2n) is 7.14. The average molecular weight is 377 g/mol. The van der Waals surface area contributed by atoms with Gasteiger partial charge in [0.15, 0.2) is 11.5 Å². The van der Waals surface area contributed by atoms with E-state index in [-0.39, 0.29) is 6.03 Å². The summed E-state index contributed by atoms with van der Waals surface area (Å²) in [6.45, 7) is 2.96. The van der Waals surface area contributed by atoms with Gasteiger partial charge in [0.2, 0.25) is 5.75 Å². The van der Waals surface area contributed by atoms with Gasteiger partial charge in [0, 0.05) is 50.0 Å². The van der Waals surface area contributed by atoms with Crippen LogP contribution in [0.15, 0.2) is 12.1 Å². The molecule has 1 N–H and O–H groups in total. The molecule has 1 saturated heterocycles. The van der Waals surface area contributed by atoms with Gasteiger partial charge >= 0.3 is 6.03 Å². The zero-order chi connectivity index (χ0) is 19.2. The Hall–Kier alpha value is -2.31. The summed E-state index contributed by atoms with van der Waals surface area (Å²) < 4.78 is 16.3. The van der Waals surface area contributed by atoms with Gasteiger partial charge in [0.1, 0.15) is 0 Å². The lowest BCUT2D eigenvalue weighted by atomic mass is 9.96. The Morgan fingerprint density at radius 2 is 1.52 bits per heavy atom. The van der Waals surface area contributed by atoms with Gasteiger partial charge < -0.3 is 29.3 Å². The van der Waals surface area contributed by atoms with E-state index in [4.69, 9.17) is 14.2 Å².